The summed E-state index contributed by atoms with van der Waals surface area (Å²) >= 11 is 0. The molecule has 0 saturated heterocycles. The van der Waals surface area contributed by atoms with Gasteiger partial charge in [0.15, 0.2) is 6.10 Å². The van der Waals surface area contributed by atoms with Crippen LogP contribution in [0, 0.1) is 0 Å². The van der Waals surface area contributed by atoms with Crippen molar-refractivity contribution in [2.45, 2.75) is 39.2 Å². The standard InChI is InChI=1S/C21H28N2O2/c1-15(25-19-10-8-7-9-18(19)21(2,3)4)20(24)22-16-11-13-17(14-12-16)23(5)6/h7-15H,1-6H3,(H,22,24). The lowest BCUT2D eigenvalue weighted by Gasteiger charge is -2.24. The molecule has 1 atom stereocenters. The third kappa shape index (κ3) is 4.99. The van der Waals surface area contributed by atoms with Crippen molar-refractivity contribution >= 4 is 17.3 Å². The fraction of sp³-hybridized carbons (Fsp3) is 0.381. The summed E-state index contributed by atoms with van der Waals surface area (Å²) in [5.74, 6) is 0.585. The Kier molecular flexibility index (Phi) is 5.73. The van der Waals surface area contributed by atoms with Gasteiger partial charge in [0.25, 0.3) is 5.91 Å². The molecule has 0 aliphatic carbocycles. The van der Waals surface area contributed by atoms with Gasteiger partial charge in [0, 0.05) is 25.5 Å². The van der Waals surface area contributed by atoms with E-state index in [1.807, 2.05) is 67.5 Å². The third-order valence-corrected chi connectivity index (χ3v) is 4.02. The first-order chi connectivity index (χ1) is 11.7. The van der Waals surface area contributed by atoms with Crippen LogP contribution in [0.25, 0.3) is 0 Å². The average Bonchev–Trinajstić information content (AvgIpc) is 2.54. The van der Waals surface area contributed by atoms with Crippen molar-refractivity contribution < 1.29 is 9.53 Å². The van der Waals surface area contributed by atoms with Gasteiger partial charge < -0.3 is 15.0 Å². The number of rotatable bonds is 5. The van der Waals surface area contributed by atoms with Crippen LogP contribution in [-0.4, -0.2) is 26.1 Å². The second kappa shape index (κ2) is 7.60. The van der Waals surface area contributed by atoms with Crippen LogP contribution < -0.4 is 15.0 Å². The Labute approximate surface area is 150 Å². The zero-order valence-corrected chi connectivity index (χ0v) is 16.0. The molecule has 0 heterocycles. The third-order valence-electron chi connectivity index (χ3n) is 4.02. The molecule has 1 unspecified atom stereocenters. The summed E-state index contributed by atoms with van der Waals surface area (Å²) < 4.78 is 5.95. The lowest BCUT2D eigenvalue weighted by molar-refractivity contribution is -0.122. The van der Waals surface area contributed by atoms with Crippen molar-refractivity contribution in [3.63, 3.8) is 0 Å². The molecule has 0 bridgehead atoms. The van der Waals surface area contributed by atoms with Gasteiger partial charge in [-0.3, -0.25) is 4.79 Å². The Balaban J connectivity index is 2.06. The first-order valence-electron chi connectivity index (χ1n) is 8.53. The van der Waals surface area contributed by atoms with E-state index in [9.17, 15) is 4.79 Å². The highest BCUT2D eigenvalue weighted by Gasteiger charge is 2.22. The molecular weight excluding hydrogens is 312 g/mol. The molecule has 0 aromatic heterocycles. The van der Waals surface area contributed by atoms with E-state index in [1.54, 1.807) is 6.92 Å². The second-order valence-corrected chi connectivity index (χ2v) is 7.44. The molecule has 0 fully saturated rings. The number of nitrogens with zero attached hydrogens (tertiary/aromatic N) is 1. The first-order valence-corrected chi connectivity index (χ1v) is 8.53. The van der Waals surface area contributed by atoms with Crippen molar-refractivity contribution in [2.24, 2.45) is 0 Å². The Morgan fingerprint density at radius 2 is 1.64 bits per heavy atom. The second-order valence-electron chi connectivity index (χ2n) is 7.44. The molecule has 0 aliphatic heterocycles. The normalized spacial score (nSPS) is 12.4. The van der Waals surface area contributed by atoms with Gasteiger partial charge in [0.05, 0.1) is 0 Å². The highest BCUT2D eigenvalue weighted by Crippen LogP contribution is 2.31. The fourth-order valence-electron chi connectivity index (χ4n) is 2.52. The van der Waals surface area contributed by atoms with E-state index >= 15 is 0 Å². The Bertz CT molecular complexity index is 715. The van der Waals surface area contributed by atoms with Crippen molar-refractivity contribution in [2.75, 3.05) is 24.3 Å². The van der Waals surface area contributed by atoms with E-state index in [-0.39, 0.29) is 11.3 Å². The van der Waals surface area contributed by atoms with Gasteiger partial charge in [-0.1, -0.05) is 39.0 Å². The molecule has 1 N–H and O–H groups in total. The highest BCUT2D eigenvalue weighted by molar-refractivity contribution is 5.94. The zero-order valence-electron chi connectivity index (χ0n) is 16.0. The van der Waals surface area contributed by atoms with Gasteiger partial charge in [-0.05, 0) is 48.2 Å². The summed E-state index contributed by atoms with van der Waals surface area (Å²) in [6.45, 7) is 8.16. The quantitative estimate of drug-likeness (QED) is 0.874. The van der Waals surface area contributed by atoms with Crippen LogP contribution >= 0.6 is 0 Å². The number of carbonyl (C=O) groups excluding carboxylic acids is 1. The van der Waals surface area contributed by atoms with Gasteiger partial charge in [0.1, 0.15) is 5.75 Å². The minimum absolute atomic E-state index is 0.0468. The monoisotopic (exact) mass is 340 g/mol. The minimum Gasteiger partial charge on any atom is -0.481 e. The van der Waals surface area contributed by atoms with E-state index in [2.05, 4.69) is 26.1 Å². The van der Waals surface area contributed by atoms with Gasteiger partial charge >= 0.3 is 0 Å². The van der Waals surface area contributed by atoms with Gasteiger partial charge in [0.2, 0.25) is 0 Å². The highest BCUT2D eigenvalue weighted by atomic mass is 16.5. The van der Waals surface area contributed by atoms with Crippen LogP contribution in [0.1, 0.15) is 33.3 Å². The van der Waals surface area contributed by atoms with Crippen LogP contribution in [0.4, 0.5) is 11.4 Å². The maximum atomic E-state index is 12.5. The molecule has 4 heteroatoms. The molecule has 2 rings (SSSR count). The summed E-state index contributed by atoms with van der Waals surface area (Å²) in [7, 11) is 3.96. The SMILES string of the molecule is CC(Oc1ccccc1C(C)(C)C)C(=O)Nc1ccc(N(C)C)cc1. The number of anilines is 2. The number of para-hydroxylation sites is 1. The van der Waals surface area contributed by atoms with E-state index in [4.69, 9.17) is 4.74 Å². The zero-order chi connectivity index (χ0) is 18.6. The Hall–Kier alpha value is -2.49. The number of carbonyl (C=O) groups is 1. The summed E-state index contributed by atoms with van der Waals surface area (Å²) in [4.78, 5) is 14.5. The van der Waals surface area contributed by atoms with Crippen LogP contribution in [0.2, 0.25) is 0 Å². The van der Waals surface area contributed by atoms with Crippen LogP contribution in [-0.2, 0) is 10.2 Å². The molecule has 0 spiro atoms. The molecule has 2 aromatic carbocycles. The summed E-state index contributed by atoms with van der Waals surface area (Å²) in [6.07, 6.45) is -0.586. The lowest BCUT2D eigenvalue weighted by Crippen LogP contribution is -2.31. The van der Waals surface area contributed by atoms with Crippen molar-refractivity contribution in [3.8, 4) is 5.75 Å². The molecule has 2 aromatic rings. The fourth-order valence-corrected chi connectivity index (χ4v) is 2.52. The molecule has 0 aliphatic rings. The molecule has 0 saturated carbocycles. The molecule has 1 amide bonds. The van der Waals surface area contributed by atoms with Crippen LogP contribution in [0.15, 0.2) is 48.5 Å². The molecule has 4 nitrogen and oxygen atoms in total. The predicted molar refractivity (Wildman–Crippen MR) is 105 cm³/mol. The van der Waals surface area contributed by atoms with Gasteiger partial charge in [-0.15, -0.1) is 0 Å². The van der Waals surface area contributed by atoms with E-state index < -0.39 is 6.10 Å². The van der Waals surface area contributed by atoms with E-state index in [0.29, 0.717) is 0 Å². The number of hydrogen-bond acceptors (Lipinski definition) is 3. The number of ether oxygens (including phenoxy) is 1. The van der Waals surface area contributed by atoms with Gasteiger partial charge in [-0.2, -0.15) is 0 Å². The van der Waals surface area contributed by atoms with Crippen molar-refractivity contribution in [1.29, 1.82) is 0 Å². The smallest absolute Gasteiger partial charge is 0.265 e. The summed E-state index contributed by atoms with van der Waals surface area (Å²) in [6, 6.07) is 15.6. The molecule has 134 valence electrons. The molecule has 25 heavy (non-hydrogen) atoms. The maximum Gasteiger partial charge on any atom is 0.265 e. The number of hydrogen-bond donors (Lipinski definition) is 1. The van der Waals surface area contributed by atoms with Gasteiger partial charge in [-0.25, -0.2) is 0 Å². The first kappa shape index (κ1) is 18.8. The van der Waals surface area contributed by atoms with E-state index in [0.717, 1.165) is 22.7 Å². The number of amides is 1. The molecular formula is C21H28N2O2. The number of nitrogens with one attached hydrogen (secondary N) is 1. The average molecular weight is 340 g/mol. The van der Waals surface area contributed by atoms with E-state index in [1.165, 1.54) is 0 Å². The minimum atomic E-state index is -0.586. The Morgan fingerprint density at radius 3 is 2.20 bits per heavy atom. The number of benzene rings is 2. The topological polar surface area (TPSA) is 41.6 Å². The van der Waals surface area contributed by atoms with Crippen molar-refractivity contribution in [3.05, 3.63) is 54.1 Å². The van der Waals surface area contributed by atoms with Crippen molar-refractivity contribution in [1.82, 2.24) is 0 Å². The maximum absolute atomic E-state index is 12.5. The van der Waals surface area contributed by atoms with Crippen LogP contribution in [0.5, 0.6) is 5.75 Å². The molecule has 0 radical (unpaired) electrons. The predicted octanol–water partition coefficient (Wildman–Crippen LogP) is 4.46. The Morgan fingerprint density at radius 1 is 1.04 bits per heavy atom. The van der Waals surface area contributed by atoms with Crippen LogP contribution in [0.3, 0.4) is 0 Å². The summed E-state index contributed by atoms with van der Waals surface area (Å²) in [5.41, 5.74) is 2.89. The summed E-state index contributed by atoms with van der Waals surface area (Å²) in [5, 5.41) is 2.90. The lowest BCUT2D eigenvalue weighted by atomic mass is 9.86. The largest absolute Gasteiger partial charge is 0.481 e.